The fourth-order valence-electron chi connectivity index (χ4n) is 9.08. The maximum Gasteiger partial charge on any atom is 0.159 e. The number of hydrogen-bond acceptors (Lipinski definition) is 4. The molecule has 2 aromatic heterocycles. The summed E-state index contributed by atoms with van der Waals surface area (Å²) in [7, 11) is 0. The van der Waals surface area contributed by atoms with E-state index in [0.717, 1.165) is 72.3 Å². The molecule has 0 bridgehead atoms. The van der Waals surface area contributed by atoms with E-state index < -0.39 is 6.17 Å². The molecular weight excluding hydrogens is 757 g/mol. The van der Waals surface area contributed by atoms with E-state index in [1.807, 2.05) is 24.3 Å². The largest absolute Gasteiger partial charge is 0.456 e. The van der Waals surface area contributed by atoms with Crippen LogP contribution in [0.1, 0.15) is 22.9 Å². The number of nitrogens with zero attached hydrogens (tertiary/aromatic N) is 3. The normalized spacial score (nSPS) is 14.0. The van der Waals surface area contributed by atoms with Crippen LogP contribution in [0, 0.1) is 0 Å². The van der Waals surface area contributed by atoms with Crippen molar-refractivity contribution in [3.63, 3.8) is 0 Å². The number of furan rings is 1. The van der Waals surface area contributed by atoms with E-state index in [9.17, 15) is 0 Å². The summed E-state index contributed by atoms with van der Waals surface area (Å²) < 4.78 is 9.19. The lowest BCUT2D eigenvalue weighted by Gasteiger charge is -2.24. The molecule has 0 spiro atoms. The highest BCUT2D eigenvalue weighted by Crippen LogP contribution is 2.40. The van der Waals surface area contributed by atoms with Gasteiger partial charge in [0.25, 0.3) is 0 Å². The Morgan fingerprint density at radius 1 is 0.403 bits per heavy atom. The number of aromatic nitrogens is 1. The molecule has 62 heavy (non-hydrogen) atoms. The van der Waals surface area contributed by atoms with Gasteiger partial charge in [0.05, 0.1) is 11.0 Å². The summed E-state index contributed by atoms with van der Waals surface area (Å²) in [6.45, 7) is 0. The van der Waals surface area contributed by atoms with Gasteiger partial charge in [0.1, 0.15) is 23.2 Å². The molecule has 3 heterocycles. The van der Waals surface area contributed by atoms with Gasteiger partial charge in [-0.2, -0.15) is 0 Å². The molecular formula is C57H38N4O. The maximum atomic E-state index is 6.80. The predicted octanol–water partition coefficient (Wildman–Crippen LogP) is 14.2. The molecule has 1 atom stereocenters. The summed E-state index contributed by atoms with van der Waals surface area (Å²) in [4.78, 5) is 10.5. The number of amidine groups is 2. The molecule has 0 radical (unpaired) electrons. The Hall–Kier alpha value is -8.28. The standard InChI is InChI=1S/C57H38N4O/c1-5-15-37(16-6-1)41-23-13-24-44(33-41)56-58-55(40-21-11-4-12-22-40)59-57(60-56)49-25-14-26-52-54(49)48-32-29-45(36-53(48)62-52)61-50-34-42(38-17-7-2-8-18-38)27-30-46(50)47-31-28-43(35-51(47)61)39-19-9-3-10-20-39/h1-36,57H,(H,58,59,60). The Bertz CT molecular complexity index is 3430. The van der Waals surface area contributed by atoms with Crippen LogP contribution in [-0.4, -0.2) is 16.2 Å². The van der Waals surface area contributed by atoms with Gasteiger partial charge in [0, 0.05) is 50.0 Å². The third-order valence-electron chi connectivity index (χ3n) is 12.1. The molecule has 9 aromatic carbocycles. The van der Waals surface area contributed by atoms with Crippen LogP contribution in [0.5, 0.6) is 0 Å². The number of rotatable bonds is 7. The first-order valence-corrected chi connectivity index (χ1v) is 21.0. The molecule has 1 N–H and O–H groups in total. The molecule has 1 aliphatic heterocycles. The topological polar surface area (TPSA) is 54.8 Å². The van der Waals surface area contributed by atoms with Crippen LogP contribution in [0.2, 0.25) is 0 Å². The van der Waals surface area contributed by atoms with Gasteiger partial charge >= 0.3 is 0 Å². The molecule has 0 fully saturated rings. The van der Waals surface area contributed by atoms with E-state index in [1.54, 1.807) is 0 Å². The summed E-state index contributed by atoms with van der Waals surface area (Å²) in [5.74, 6) is 1.45. The highest BCUT2D eigenvalue weighted by molar-refractivity contribution is 6.15. The molecule has 11 aromatic rings. The zero-order valence-corrected chi connectivity index (χ0v) is 33.6. The third-order valence-corrected chi connectivity index (χ3v) is 12.1. The quantitative estimate of drug-likeness (QED) is 0.175. The highest BCUT2D eigenvalue weighted by Gasteiger charge is 2.25. The van der Waals surface area contributed by atoms with Crippen molar-refractivity contribution in [3.05, 3.63) is 235 Å². The van der Waals surface area contributed by atoms with Crippen LogP contribution >= 0.6 is 0 Å². The van der Waals surface area contributed by atoms with Gasteiger partial charge in [-0.25, -0.2) is 9.98 Å². The van der Waals surface area contributed by atoms with Crippen LogP contribution in [-0.2, 0) is 0 Å². The number of nitrogens with one attached hydrogen (secondary N) is 1. The van der Waals surface area contributed by atoms with E-state index in [4.69, 9.17) is 14.4 Å². The summed E-state index contributed by atoms with van der Waals surface area (Å²) in [5.41, 5.74) is 14.9. The highest BCUT2D eigenvalue weighted by atomic mass is 16.3. The van der Waals surface area contributed by atoms with Crippen molar-refractivity contribution >= 4 is 55.4 Å². The fourth-order valence-corrected chi connectivity index (χ4v) is 9.08. The van der Waals surface area contributed by atoms with Gasteiger partial charge in [-0.3, -0.25) is 0 Å². The van der Waals surface area contributed by atoms with Gasteiger partial charge in [-0.05, 0) is 69.8 Å². The second kappa shape index (κ2) is 14.8. The molecule has 5 nitrogen and oxygen atoms in total. The lowest BCUT2D eigenvalue weighted by Crippen LogP contribution is -2.33. The molecule has 5 heteroatoms. The van der Waals surface area contributed by atoms with Gasteiger partial charge in [0.2, 0.25) is 0 Å². The lowest BCUT2D eigenvalue weighted by atomic mass is 10.0. The van der Waals surface area contributed by atoms with E-state index in [0.29, 0.717) is 5.84 Å². The minimum Gasteiger partial charge on any atom is -0.456 e. The van der Waals surface area contributed by atoms with E-state index >= 15 is 0 Å². The average molecular weight is 795 g/mol. The van der Waals surface area contributed by atoms with Gasteiger partial charge in [-0.1, -0.05) is 176 Å². The van der Waals surface area contributed by atoms with Crippen molar-refractivity contribution in [1.82, 2.24) is 9.88 Å². The minimum atomic E-state index is -0.424. The Kier molecular flexibility index (Phi) is 8.49. The number of hydrogen-bond donors (Lipinski definition) is 1. The van der Waals surface area contributed by atoms with Crippen molar-refractivity contribution in [1.29, 1.82) is 0 Å². The van der Waals surface area contributed by atoms with Gasteiger partial charge in [0.15, 0.2) is 5.84 Å². The smallest absolute Gasteiger partial charge is 0.159 e. The van der Waals surface area contributed by atoms with E-state index in [2.05, 4.69) is 204 Å². The molecule has 12 rings (SSSR count). The number of aliphatic imine (C=N–C) groups is 2. The SMILES string of the molecule is c1ccc(C2=NC(c3cccc(-c4ccccc4)c3)=NC(c3cccc4oc5cc(-n6c7cc(-c8ccccc8)ccc7c7ccc(-c8ccccc8)cc76)ccc5c34)N2)cc1. The Morgan fingerprint density at radius 3 is 1.53 bits per heavy atom. The summed E-state index contributed by atoms with van der Waals surface area (Å²) >= 11 is 0. The van der Waals surface area contributed by atoms with Crippen LogP contribution in [0.15, 0.2) is 233 Å². The van der Waals surface area contributed by atoms with Crippen LogP contribution in [0.4, 0.5) is 0 Å². The van der Waals surface area contributed by atoms with Crippen LogP contribution < -0.4 is 5.32 Å². The van der Waals surface area contributed by atoms with Gasteiger partial charge in [-0.15, -0.1) is 0 Å². The second-order valence-corrected chi connectivity index (χ2v) is 15.8. The van der Waals surface area contributed by atoms with Crippen molar-refractivity contribution in [2.45, 2.75) is 6.17 Å². The average Bonchev–Trinajstić information content (AvgIpc) is 3.89. The molecule has 292 valence electrons. The third kappa shape index (κ3) is 6.18. The molecule has 0 amide bonds. The molecule has 0 saturated carbocycles. The molecule has 1 unspecified atom stereocenters. The molecule has 1 aliphatic rings. The monoisotopic (exact) mass is 794 g/mol. The predicted molar refractivity (Wildman–Crippen MR) is 256 cm³/mol. The first-order valence-electron chi connectivity index (χ1n) is 21.0. The first-order chi connectivity index (χ1) is 30.7. The molecule has 0 aliphatic carbocycles. The Morgan fingerprint density at radius 2 is 0.919 bits per heavy atom. The Labute approximate surface area is 358 Å². The first kappa shape index (κ1) is 35.6. The fraction of sp³-hybridized carbons (Fsp3) is 0.0175. The van der Waals surface area contributed by atoms with Gasteiger partial charge < -0.3 is 14.3 Å². The number of benzene rings is 9. The van der Waals surface area contributed by atoms with Crippen molar-refractivity contribution in [3.8, 4) is 39.1 Å². The maximum absolute atomic E-state index is 6.80. The summed E-state index contributed by atoms with van der Waals surface area (Å²) in [5, 5.41) is 8.17. The Balaban J connectivity index is 1.02. The summed E-state index contributed by atoms with van der Waals surface area (Å²) in [6.07, 6.45) is -0.424. The minimum absolute atomic E-state index is 0.424. The van der Waals surface area contributed by atoms with Crippen molar-refractivity contribution in [2.24, 2.45) is 9.98 Å². The van der Waals surface area contributed by atoms with Crippen LogP contribution in [0.3, 0.4) is 0 Å². The lowest BCUT2D eigenvalue weighted by molar-refractivity contribution is 0.662. The zero-order valence-electron chi connectivity index (χ0n) is 33.6. The number of fused-ring (bicyclic) bond motifs is 6. The van der Waals surface area contributed by atoms with Crippen molar-refractivity contribution < 1.29 is 4.42 Å². The summed E-state index contributed by atoms with van der Waals surface area (Å²) in [6, 6.07) is 76.9. The van der Waals surface area contributed by atoms with Crippen LogP contribution in [0.25, 0.3) is 82.8 Å². The zero-order chi connectivity index (χ0) is 41.0. The van der Waals surface area contributed by atoms with E-state index in [-0.39, 0.29) is 0 Å². The van der Waals surface area contributed by atoms with E-state index in [1.165, 1.54) is 33.0 Å². The van der Waals surface area contributed by atoms with Crippen molar-refractivity contribution in [2.75, 3.05) is 0 Å². The second-order valence-electron chi connectivity index (χ2n) is 15.8. The molecule has 0 saturated heterocycles.